The van der Waals surface area contributed by atoms with Gasteiger partial charge < -0.3 is 19.4 Å². The fourth-order valence-corrected chi connectivity index (χ4v) is 6.05. The van der Waals surface area contributed by atoms with Crippen molar-refractivity contribution in [3.8, 4) is 11.5 Å². The third-order valence-electron chi connectivity index (χ3n) is 6.66. The van der Waals surface area contributed by atoms with Gasteiger partial charge in [0.1, 0.15) is 6.54 Å². The maximum absolute atomic E-state index is 13.4. The second-order valence-electron chi connectivity index (χ2n) is 9.02. The van der Waals surface area contributed by atoms with Crippen LogP contribution in [0.4, 0.5) is 11.4 Å². The molecule has 0 atom stereocenters. The normalized spacial score (nSPS) is 15.6. The highest BCUT2D eigenvalue weighted by molar-refractivity contribution is 8.27. The molecule has 9 heteroatoms. The largest absolute Gasteiger partial charge is 0.454 e. The maximum Gasteiger partial charge on any atom is 0.270 e. The van der Waals surface area contributed by atoms with Crippen LogP contribution in [0.25, 0.3) is 17.0 Å². The van der Waals surface area contributed by atoms with Crippen LogP contribution in [-0.4, -0.2) is 27.5 Å². The first-order chi connectivity index (χ1) is 18.4. The Balaban J connectivity index is 1.31. The number of para-hydroxylation sites is 2. The van der Waals surface area contributed by atoms with Crippen LogP contribution in [-0.2, 0) is 16.1 Å². The molecule has 3 aromatic carbocycles. The number of nitrogens with zero attached hydrogens (tertiary/aromatic N) is 2. The summed E-state index contributed by atoms with van der Waals surface area (Å²) in [6.07, 6.45) is 1.89. The first kappa shape index (κ1) is 24.3. The highest BCUT2D eigenvalue weighted by Crippen LogP contribution is 2.39. The van der Waals surface area contributed by atoms with E-state index in [4.69, 9.17) is 21.7 Å². The molecule has 1 aromatic heterocycles. The van der Waals surface area contributed by atoms with Crippen molar-refractivity contribution < 1.29 is 19.1 Å². The van der Waals surface area contributed by atoms with Crippen LogP contribution in [0.5, 0.6) is 11.5 Å². The van der Waals surface area contributed by atoms with E-state index in [0.717, 1.165) is 33.4 Å². The molecule has 190 valence electrons. The Morgan fingerprint density at radius 3 is 2.66 bits per heavy atom. The van der Waals surface area contributed by atoms with E-state index < -0.39 is 0 Å². The fraction of sp³-hybridized carbons (Fsp3) is 0.138. The number of thioether (sulfide) groups is 1. The Hall–Kier alpha value is -4.08. The summed E-state index contributed by atoms with van der Waals surface area (Å²) in [6, 6.07) is 20.9. The molecule has 0 radical (unpaired) electrons. The number of carbonyl (C=O) groups is 2. The minimum Gasteiger partial charge on any atom is -0.454 e. The fourth-order valence-electron chi connectivity index (χ4n) is 4.78. The Morgan fingerprint density at radius 2 is 1.82 bits per heavy atom. The average molecular weight is 542 g/mol. The molecule has 2 aliphatic rings. The lowest BCUT2D eigenvalue weighted by Gasteiger charge is -2.16. The molecule has 0 spiro atoms. The van der Waals surface area contributed by atoms with Crippen LogP contribution < -0.4 is 19.7 Å². The molecular weight excluding hydrogens is 518 g/mol. The van der Waals surface area contributed by atoms with Crippen LogP contribution in [0.3, 0.4) is 0 Å². The van der Waals surface area contributed by atoms with Crippen molar-refractivity contribution in [1.82, 2.24) is 4.57 Å². The summed E-state index contributed by atoms with van der Waals surface area (Å²) in [5.41, 5.74) is 5.08. The zero-order chi connectivity index (χ0) is 26.4. The number of hydrogen-bond acceptors (Lipinski definition) is 6. The van der Waals surface area contributed by atoms with E-state index in [2.05, 4.69) is 5.32 Å². The van der Waals surface area contributed by atoms with Gasteiger partial charge in [-0.3, -0.25) is 14.5 Å². The van der Waals surface area contributed by atoms with Crippen LogP contribution >= 0.6 is 24.0 Å². The summed E-state index contributed by atoms with van der Waals surface area (Å²) in [7, 11) is 0. The van der Waals surface area contributed by atoms with Gasteiger partial charge in [-0.1, -0.05) is 60.4 Å². The van der Waals surface area contributed by atoms with Gasteiger partial charge in [0, 0.05) is 33.9 Å². The van der Waals surface area contributed by atoms with Gasteiger partial charge in [-0.2, -0.15) is 0 Å². The van der Waals surface area contributed by atoms with Crippen molar-refractivity contribution in [3.05, 3.63) is 88.5 Å². The Labute approximate surface area is 229 Å². The molecule has 1 N–H and O–H groups in total. The number of benzene rings is 3. The number of rotatable bonds is 5. The van der Waals surface area contributed by atoms with Crippen molar-refractivity contribution in [2.24, 2.45) is 0 Å². The van der Waals surface area contributed by atoms with Crippen molar-refractivity contribution in [1.29, 1.82) is 0 Å². The van der Waals surface area contributed by atoms with Gasteiger partial charge in [0.15, 0.2) is 15.8 Å². The number of aryl methyl sites for hydroxylation is 1. The van der Waals surface area contributed by atoms with Crippen molar-refractivity contribution in [2.45, 2.75) is 20.4 Å². The van der Waals surface area contributed by atoms with Gasteiger partial charge in [-0.15, -0.1) is 0 Å². The third-order valence-corrected chi connectivity index (χ3v) is 7.97. The van der Waals surface area contributed by atoms with E-state index in [-0.39, 0.29) is 25.2 Å². The Kier molecular flexibility index (Phi) is 6.17. The van der Waals surface area contributed by atoms with E-state index in [0.29, 0.717) is 26.4 Å². The van der Waals surface area contributed by atoms with Crippen LogP contribution in [0.15, 0.2) is 71.6 Å². The third kappa shape index (κ3) is 4.23. The van der Waals surface area contributed by atoms with Crippen molar-refractivity contribution in [3.63, 3.8) is 0 Å². The minimum absolute atomic E-state index is 0.110. The molecule has 0 aliphatic carbocycles. The quantitative estimate of drug-likeness (QED) is 0.246. The number of thiocarbonyl (C=S) groups is 1. The molecule has 2 aliphatic heterocycles. The van der Waals surface area contributed by atoms with Gasteiger partial charge in [0.25, 0.3) is 5.91 Å². The zero-order valence-corrected chi connectivity index (χ0v) is 22.3. The SMILES string of the molecule is Cc1ccccc1N1C(=O)/C(=C/c2c(C)n(CC(=O)Nc3ccc4c(c3)OCO4)c3ccccc23)SC1=S. The molecule has 1 saturated heterocycles. The highest BCUT2D eigenvalue weighted by atomic mass is 32.2. The van der Waals surface area contributed by atoms with E-state index in [1.54, 1.807) is 23.1 Å². The summed E-state index contributed by atoms with van der Waals surface area (Å²) in [5.74, 6) is 0.944. The van der Waals surface area contributed by atoms with Crippen LogP contribution in [0, 0.1) is 13.8 Å². The number of hydrogen-bond donors (Lipinski definition) is 1. The standard InChI is InChI=1S/C29H23N3O4S2/c1-17-7-3-5-9-22(17)32-28(34)26(38-29(32)37)14-21-18(2)31(23-10-6-4-8-20(21)23)15-27(33)30-19-11-12-24-25(13-19)36-16-35-24/h3-14H,15-16H2,1-2H3,(H,30,33)/b26-14-. The second-order valence-corrected chi connectivity index (χ2v) is 10.7. The minimum atomic E-state index is -0.176. The summed E-state index contributed by atoms with van der Waals surface area (Å²) in [6.45, 7) is 4.21. The maximum atomic E-state index is 13.4. The predicted octanol–water partition coefficient (Wildman–Crippen LogP) is 6.03. The average Bonchev–Trinajstić information content (AvgIpc) is 3.56. The predicted molar refractivity (Wildman–Crippen MR) is 155 cm³/mol. The first-order valence-corrected chi connectivity index (χ1v) is 13.2. The van der Waals surface area contributed by atoms with Gasteiger partial charge in [-0.05, 0) is 49.8 Å². The smallest absolute Gasteiger partial charge is 0.270 e. The Morgan fingerprint density at radius 1 is 1.05 bits per heavy atom. The van der Waals surface area contributed by atoms with Gasteiger partial charge in [0.2, 0.25) is 12.7 Å². The number of anilines is 2. The van der Waals surface area contributed by atoms with Crippen molar-refractivity contribution in [2.75, 3.05) is 17.0 Å². The first-order valence-electron chi connectivity index (χ1n) is 12.0. The van der Waals surface area contributed by atoms with Crippen LogP contribution in [0.2, 0.25) is 0 Å². The number of fused-ring (bicyclic) bond motifs is 2. The Bertz CT molecular complexity index is 1670. The second kappa shape index (κ2) is 9.66. The molecular formula is C29H23N3O4S2. The van der Waals surface area contributed by atoms with E-state index in [1.165, 1.54) is 11.8 Å². The van der Waals surface area contributed by atoms with Gasteiger partial charge >= 0.3 is 0 Å². The molecule has 0 unspecified atom stereocenters. The lowest BCUT2D eigenvalue weighted by atomic mass is 10.1. The lowest BCUT2D eigenvalue weighted by molar-refractivity contribution is -0.116. The molecule has 1 fully saturated rings. The van der Waals surface area contributed by atoms with Crippen molar-refractivity contribution >= 4 is 68.5 Å². The molecule has 0 saturated carbocycles. The number of amides is 2. The molecule has 0 bridgehead atoms. The topological polar surface area (TPSA) is 72.8 Å². The number of ether oxygens (including phenoxy) is 2. The number of nitrogens with one attached hydrogen (secondary N) is 1. The summed E-state index contributed by atoms with van der Waals surface area (Å²) in [5, 5.41) is 3.90. The van der Waals surface area contributed by atoms with E-state index in [1.807, 2.05) is 73.0 Å². The highest BCUT2D eigenvalue weighted by Gasteiger charge is 2.34. The number of aromatic nitrogens is 1. The zero-order valence-electron chi connectivity index (χ0n) is 20.7. The molecule has 4 aromatic rings. The molecule has 6 rings (SSSR count). The lowest BCUT2D eigenvalue weighted by Crippen LogP contribution is -2.28. The molecule has 38 heavy (non-hydrogen) atoms. The summed E-state index contributed by atoms with van der Waals surface area (Å²) >= 11 is 6.88. The summed E-state index contributed by atoms with van der Waals surface area (Å²) < 4.78 is 13.2. The molecule has 3 heterocycles. The molecule has 7 nitrogen and oxygen atoms in total. The van der Waals surface area contributed by atoms with Gasteiger partial charge in [0.05, 0.1) is 10.6 Å². The molecule has 2 amide bonds. The summed E-state index contributed by atoms with van der Waals surface area (Å²) in [4.78, 5) is 28.6. The van der Waals surface area contributed by atoms with Crippen LogP contribution in [0.1, 0.15) is 16.8 Å². The number of carbonyl (C=O) groups excluding carboxylic acids is 2. The van der Waals surface area contributed by atoms with E-state index >= 15 is 0 Å². The van der Waals surface area contributed by atoms with E-state index in [9.17, 15) is 9.59 Å². The van der Waals surface area contributed by atoms with Gasteiger partial charge in [-0.25, -0.2) is 0 Å². The monoisotopic (exact) mass is 541 g/mol.